The van der Waals surface area contributed by atoms with Crippen LogP contribution in [0, 0.1) is 0 Å². The van der Waals surface area contributed by atoms with Gasteiger partial charge in [-0.2, -0.15) is 0 Å². The Kier molecular flexibility index (Phi) is 4.31. The van der Waals surface area contributed by atoms with E-state index in [0.717, 1.165) is 6.42 Å². The van der Waals surface area contributed by atoms with Crippen molar-refractivity contribution in [2.75, 3.05) is 5.88 Å². The van der Waals surface area contributed by atoms with Crippen molar-refractivity contribution in [3.8, 4) is 0 Å². The molecule has 0 saturated heterocycles. The van der Waals surface area contributed by atoms with Crippen LogP contribution in [0.1, 0.15) is 37.3 Å². The third-order valence-corrected chi connectivity index (χ3v) is 2.73. The van der Waals surface area contributed by atoms with E-state index in [2.05, 4.69) is 38.1 Å². The topological polar surface area (TPSA) is 0 Å². The molecular formula is C12H17Cl. The van der Waals surface area contributed by atoms with Crippen LogP contribution in [-0.4, -0.2) is 5.88 Å². The Morgan fingerprint density at radius 3 is 2.31 bits per heavy atom. The zero-order valence-corrected chi connectivity index (χ0v) is 9.14. The predicted octanol–water partition coefficient (Wildman–Crippen LogP) is 3.98. The first kappa shape index (κ1) is 10.6. The molecular weight excluding hydrogens is 180 g/mol. The molecule has 0 N–H and O–H groups in total. The first-order valence-electron chi connectivity index (χ1n) is 4.92. The summed E-state index contributed by atoms with van der Waals surface area (Å²) in [7, 11) is 0. The maximum Gasteiger partial charge on any atom is 0.0263 e. The molecule has 0 spiro atoms. The van der Waals surface area contributed by atoms with Gasteiger partial charge in [-0.1, -0.05) is 38.1 Å². The van der Waals surface area contributed by atoms with Gasteiger partial charge in [0, 0.05) is 5.88 Å². The van der Waals surface area contributed by atoms with Crippen LogP contribution in [0.4, 0.5) is 0 Å². The van der Waals surface area contributed by atoms with E-state index in [0.29, 0.717) is 11.8 Å². The van der Waals surface area contributed by atoms with Crippen LogP contribution in [0.2, 0.25) is 0 Å². The van der Waals surface area contributed by atoms with E-state index >= 15 is 0 Å². The molecule has 0 heterocycles. The van der Waals surface area contributed by atoms with Gasteiger partial charge in [0.05, 0.1) is 0 Å². The van der Waals surface area contributed by atoms with Gasteiger partial charge in [0.25, 0.3) is 0 Å². The molecule has 13 heavy (non-hydrogen) atoms. The highest BCUT2D eigenvalue weighted by atomic mass is 35.5. The van der Waals surface area contributed by atoms with E-state index in [1.165, 1.54) is 17.5 Å². The predicted molar refractivity (Wildman–Crippen MR) is 59.6 cm³/mol. The number of rotatable bonds is 4. The Hall–Kier alpha value is -0.490. The minimum atomic E-state index is 0.671. The monoisotopic (exact) mass is 196 g/mol. The van der Waals surface area contributed by atoms with E-state index < -0.39 is 0 Å². The lowest BCUT2D eigenvalue weighted by Gasteiger charge is -2.09. The van der Waals surface area contributed by atoms with Gasteiger partial charge >= 0.3 is 0 Å². The second-order valence-corrected chi connectivity index (χ2v) is 3.87. The smallest absolute Gasteiger partial charge is 0.0263 e. The summed E-state index contributed by atoms with van der Waals surface area (Å²) in [5, 5.41) is 0. The molecule has 1 aromatic carbocycles. The Morgan fingerprint density at radius 2 is 1.85 bits per heavy atom. The van der Waals surface area contributed by atoms with Crippen molar-refractivity contribution < 1.29 is 0 Å². The fraction of sp³-hybridized carbons (Fsp3) is 0.500. The molecule has 0 nitrogen and oxygen atoms in total. The van der Waals surface area contributed by atoms with Gasteiger partial charge in [0.2, 0.25) is 0 Å². The lowest BCUT2D eigenvalue weighted by atomic mass is 9.97. The summed E-state index contributed by atoms with van der Waals surface area (Å²) in [5.74, 6) is 1.38. The van der Waals surface area contributed by atoms with Crippen LogP contribution in [0.15, 0.2) is 24.3 Å². The molecule has 0 saturated carbocycles. The number of benzene rings is 1. The zero-order chi connectivity index (χ0) is 9.68. The van der Waals surface area contributed by atoms with Crippen LogP contribution < -0.4 is 0 Å². The van der Waals surface area contributed by atoms with Crippen LogP contribution >= 0.6 is 11.6 Å². The third kappa shape index (κ3) is 3.04. The number of aryl methyl sites for hydroxylation is 1. The lowest BCUT2D eigenvalue weighted by Crippen LogP contribution is -1.92. The fourth-order valence-corrected chi connectivity index (χ4v) is 1.58. The molecule has 0 fully saturated rings. The van der Waals surface area contributed by atoms with Crippen molar-refractivity contribution in [1.82, 2.24) is 0 Å². The summed E-state index contributed by atoms with van der Waals surface area (Å²) >= 11 is 5.67. The van der Waals surface area contributed by atoms with Crippen LogP contribution in [0.25, 0.3) is 0 Å². The SMILES string of the molecule is CCC(C)c1ccc(CCCl)cc1. The van der Waals surface area contributed by atoms with Crippen molar-refractivity contribution in [2.24, 2.45) is 0 Å². The molecule has 0 aromatic heterocycles. The van der Waals surface area contributed by atoms with E-state index in [1.54, 1.807) is 0 Å². The Balaban J connectivity index is 2.69. The molecule has 0 aliphatic rings. The number of hydrogen-bond acceptors (Lipinski definition) is 0. The van der Waals surface area contributed by atoms with Crippen molar-refractivity contribution in [3.63, 3.8) is 0 Å². The highest BCUT2D eigenvalue weighted by molar-refractivity contribution is 6.17. The molecule has 0 bridgehead atoms. The average Bonchev–Trinajstić information content (AvgIpc) is 2.18. The molecule has 1 atom stereocenters. The largest absolute Gasteiger partial charge is 0.126 e. The van der Waals surface area contributed by atoms with Gasteiger partial charge < -0.3 is 0 Å². The molecule has 72 valence electrons. The van der Waals surface area contributed by atoms with Crippen LogP contribution in [0.3, 0.4) is 0 Å². The number of halogens is 1. The van der Waals surface area contributed by atoms with Gasteiger partial charge in [-0.3, -0.25) is 0 Å². The minimum Gasteiger partial charge on any atom is -0.126 e. The summed E-state index contributed by atoms with van der Waals surface area (Å²) in [6.07, 6.45) is 2.18. The molecule has 1 aromatic rings. The van der Waals surface area contributed by atoms with Gasteiger partial charge in [-0.15, -0.1) is 11.6 Å². The normalized spacial score (nSPS) is 12.8. The van der Waals surface area contributed by atoms with E-state index in [4.69, 9.17) is 11.6 Å². The standard InChI is InChI=1S/C12H17Cl/c1-3-10(2)12-6-4-11(5-7-12)8-9-13/h4-7,10H,3,8-9H2,1-2H3. The molecule has 1 rings (SSSR count). The van der Waals surface area contributed by atoms with Crippen molar-refractivity contribution in [2.45, 2.75) is 32.6 Å². The third-order valence-electron chi connectivity index (χ3n) is 2.54. The maximum absolute atomic E-state index is 5.67. The quantitative estimate of drug-likeness (QED) is 0.639. The maximum atomic E-state index is 5.67. The number of hydrogen-bond donors (Lipinski definition) is 0. The minimum absolute atomic E-state index is 0.671. The average molecular weight is 197 g/mol. The Bertz CT molecular complexity index is 238. The van der Waals surface area contributed by atoms with Gasteiger partial charge in [0.1, 0.15) is 0 Å². The Morgan fingerprint density at radius 1 is 1.23 bits per heavy atom. The Labute approximate surface area is 85.9 Å². The van der Waals surface area contributed by atoms with E-state index in [9.17, 15) is 0 Å². The first-order valence-corrected chi connectivity index (χ1v) is 5.46. The highest BCUT2D eigenvalue weighted by Crippen LogP contribution is 2.18. The molecule has 0 radical (unpaired) electrons. The molecule has 1 heteroatoms. The second-order valence-electron chi connectivity index (χ2n) is 3.49. The molecule has 1 unspecified atom stereocenters. The summed E-state index contributed by atoms with van der Waals surface area (Å²) < 4.78 is 0. The van der Waals surface area contributed by atoms with Crippen LogP contribution in [-0.2, 0) is 6.42 Å². The second kappa shape index (κ2) is 5.29. The van der Waals surface area contributed by atoms with Gasteiger partial charge in [0.15, 0.2) is 0 Å². The highest BCUT2D eigenvalue weighted by Gasteiger charge is 2.01. The molecule has 0 aliphatic heterocycles. The summed E-state index contributed by atoms with van der Waals surface area (Å²) in [4.78, 5) is 0. The molecule has 0 aliphatic carbocycles. The summed E-state index contributed by atoms with van der Waals surface area (Å²) in [5.41, 5.74) is 2.77. The zero-order valence-electron chi connectivity index (χ0n) is 8.39. The lowest BCUT2D eigenvalue weighted by molar-refractivity contribution is 0.733. The van der Waals surface area contributed by atoms with Gasteiger partial charge in [-0.05, 0) is 29.9 Å². The van der Waals surface area contributed by atoms with Crippen molar-refractivity contribution >= 4 is 11.6 Å². The van der Waals surface area contributed by atoms with Crippen molar-refractivity contribution in [1.29, 1.82) is 0 Å². The van der Waals surface area contributed by atoms with Crippen LogP contribution in [0.5, 0.6) is 0 Å². The molecule has 0 amide bonds. The van der Waals surface area contributed by atoms with E-state index in [1.807, 2.05) is 0 Å². The number of alkyl halides is 1. The fourth-order valence-electron chi connectivity index (χ4n) is 1.36. The van der Waals surface area contributed by atoms with Gasteiger partial charge in [-0.25, -0.2) is 0 Å². The van der Waals surface area contributed by atoms with Crippen molar-refractivity contribution in [3.05, 3.63) is 35.4 Å². The van der Waals surface area contributed by atoms with E-state index in [-0.39, 0.29) is 0 Å². The summed E-state index contributed by atoms with van der Waals surface area (Å²) in [6.45, 7) is 4.48. The summed E-state index contributed by atoms with van der Waals surface area (Å²) in [6, 6.07) is 8.81. The first-order chi connectivity index (χ1) is 6.27.